The van der Waals surface area contributed by atoms with Gasteiger partial charge in [-0.15, -0.1) is 11.3 Å². The van der Waals surface area contributed by atoms with E-state index in [9.17, 15) is 5.26 Å². The summed E-state index contributed by atoms with van der Waals surface area (Å²) in [5.41, 5.74) is 2.85. The highest BCUT2D eigenvalue weighted by molar-refractivity contribution is 7.11. The van der Waals surface area contributed by atoms with Crippen LogP contribution in [0.25, 0.3) is 16.8 Å². The van der Waals surface area contributed by atoms with E-state index >= 15 is 0 Å². The molecule has 0 amide bonds. The van der Waals surface area contributed by atoms with Crippen LogP contribution in [0.4, 0.5) is 5.69 Å². The van der Waals surface area contributed by atoms with Crippen molar-refractivity contribution >= 4 is 22.6 Å². The van der Waals surface area contributed by atoms with Crippen molar-refractivity contribution in [3.05, 3.63) is 59.1 Å². The Labute approximate surface area is 167 Å². The number of nitriles is 1. The molecule has 0 radical (unpaired) electrons. The zero-order valence-electron chi connectivity index (χ0n) is 15.7. The molecular weight excluding hydrogens is 374 g/mol. The second kappa shape index (κ2) is 8.93. The first kappa shape index (κ1) is 19.3. The van der Waals surface area contributed by atoms with Crippen LogP contribution in [0.5, 0.6) is 17.2 Å². The summed E-state index contributed by atoms with van der Waals surface area (Å²) in [4.78, 5) is 4.60. The lowest BCUT2D eigenvalue weighted by molar-refractivity contribution is 0.355. The van der Waals surface area contributed by atoms with Crippen LogP contribution in [0.15, 0.2) is 54.0 Å². The molecule has 3 aromatic rings. The predicted molar refractivity (Wildman–Crippen MR) is 111 cm³/mol. The van der Waals surface area contributed by atoms with Crippen molar-refractivity contribution in [2.24, 2.45) is 0 Å². The molecule has 0 atom stereocenters. The smallest absolute Gasteiger partial charge is 0.161 e. The van der Waals surface area contributed by atoms with Gasteiger partial charge in [-0.3, -0.25) is 0 Å². The third kappa shape index (κ3) is 4.08. The van der Waals surface area contributed by atoms with Crippen molar-refractivity contribution in [1.29, 1.82) is 5.26 Å². The molecule has 0 unspecified atom stereocenters. The van der Waals surface area contributed by atoms with Gasteiger partial charge in [0.2, 0.25) is 0 Å². The van der Waals surface area contributed by atoms with Gasteiger partial charge in [0.1, 0.15) is 22.4 Å². The van der Waals surface area contributed by atoms with Gasteiger partial charge in [0.05, 0.1) is 32.7 Å². The van der Waals surface area contributed by atoms with E-state index in [1.165, 1.54) is 11.3 Å². The van der Waals surface area contributed by atoms with Crippen molar-refractivity contribution in [3.63, 3.8) is 0 Å². The van der Waals surface area contributed by atoms with Crippen LogP contribution in [0.1, 0.15) is 5.01 Å². The Morgan fingerprint density at radius 1 is 1.04 bits per heavy atom. The monoisotopic (exact) mass is 393 g/mol. The summed E-state index contributed by atoms with van der Waals surface area (Å²) in [6, 6.07) is 15.3. The Morgan fingerprint density at radius 3 is 2.50 bits per heavy atom. The van der Waals surface area contributed by atoms with Crippen molar-refractivity contribution in [3.8, 4) is 34.6 Å². The number of nitrogens with one attached hydrogen (secondary N) is 1. The fourth-order valence-electron chi connectivity index (χ4n) is 2.58. The summed E-state index contributed by atoms with van der Waals surface area (Å²) in [6.07, 6.45) is 1.63. The Kier molecular flexibility index (Phi) is 6.14. The Morgan fingerprint density at radius 2 is 1.79 bits per heavy atom. The quantitative estimate of drug-likeness (QED) is 0.581. The molecule has 3 rings (SSSR count). The SMILES string of the molecule is COc1ccccc1N/C=C(/C#N)c1nc(-c2ccc(OC)c(OC)c2)cs1. The third-order valence-corrected chi connectivity index (χ3v) is 4.89. The van der Waals surface area contributed by atoms with E-state index in [2.05, 4.69) is 16.4 Å². The summed E-state index contributed by atoms with van der Waals surface area (Å²) in [6.45, 7) is 0. The summed E-state index contributed by atoms with van der Waals surface area (Å²) in [5.74, 6) is 1.98. The van der Waals surface area contributed by atoms with E-state index in [1.807, 2.05) is 47.8 Å². The van der Waals surface area contributed by atoms with E-state index < -0.39 is 0 Å². The lowest BCUT2D eigenvalue weighted by Gasteiger charge is -2.08. The zero-order chi connectivity index (χ0) is 19.9. The van der Waals surface area contributed by atoms with E-state index in [0.29, 0.717) is 27.8 Å². The summed E-state index contributed by atoms with van der Waals surface area (Å²) in [5, 5.41) is 15.2. The molecule has 28 heavy (non-hydrogen) atoms. The number of hydrogen-bond donors (Lipinski definition) is 1. The van der Waals surface area contributed by atoms with Gasteiger partial charge in [0.25, 0.3) is 0 Å². The molecule has 0 aliphatic heterocycles. The highest BCUT2D eigenvalue weighted by Gasteiger charge is 2.12. The Bertz CT molecular complexity index is 1040. The average molecular weight is 393 g/mol. The van der Waals surface area contributed by atoms with Crippen molar-refractivity contribution in [2.75, 3.05) is 26.6 Å². The minimum atomic E-state index is 0.433. The number of aromatic nitrogens is 1. The number of allylic oxidation sites excluding steroid dienone is 1. The molecule has 0 bridgehead atoms. The largest absolute Gasteiger partial charge is 0.495 e. The molecule has 0 saturated carbocycles. The zero-order valence-corrected chi connectivity index (χ0v) is 16.5. The van der Waals surface area contributed by atoms with Gasteiger partial charge < -0.3 is 19.5 Å². The standard InChI is InChI=1S/C21H19N3O3S/c1-25-18-7-5-4-6-16(18)23-12-15(11-22)21-24-17(13-28-21)14-8-9-19(26-2)20(10-14)27-3/h4-10,12-13,23H,1-3H3/b15-12-. The fraction of sp³-hybridized carbons (Fsp3) is 0.143. The second-order valence-electron chi connectivity index (χ2n) is 5.62. The van der Waals surface area contributed by atoms with Gasteiger partial charge >= 0.3 is 0 Å². The van der Waals surface area contributed by atoms with Gasteiger partial charge in [-0.25, -0.2) is 4.98 Å². The molecule has 2 aromatic carbocycles. The first-order chi connectivity index (χ1) is 13.7. The van der Waals surface area contributed by atoms with E-state index in [0.717, 1.165) is 16.9 Å². The highest BCUT2D eigenvalue weighted by atomic mass is 32.1. The van der Waals surface area contributed by atoms with Gasteiger partial charge in [-0.05, 0) is 30.3 Å². The molecule has 0 aliphatic rings. The molecule has 1 heterocycles. The number of benzene rings is 2. The van der Waals surface area contributed by atoms with Crippen LogP contribution in [0.2, 0.25) is 0 Å². The summed E-state index contributed by atoms with van der Waals surface area (Å²) in [7, 11) is 4.79. The number of rotatable bonds is 7. The predicted octanol–water partition coefficient (Wildman–Crippen LogP) is 4.81. The van der Waals surface area contributed by atoms with Crippen LogP contribution in [-0.4, -0.2) is 26.3 Å². The molecule has 0 fully saturated rings. The number of ether oxygens (including phenoxy) is 3. The second-order valence-corrected chi connectivity index (χ2v) is 6.48. The maximum absolute atomic E-state index is 9.55. The lowest BCUT2D eigenvalue weighted by Crippen LogP contribution is -1.94. The molecule has 0 aliphatic carbocycles. The first-order valence-electron chi connectivity index (χ1n) is 8.38. The highest BCUT2D eigenvalue weighted by Crippen LogP contribution is 2.33. The molecule has 1 N–H and O–H groups in total. The minimum Gasteiger partial charge on any atom is -0.495 e. The number of thiazole rings is 1. The van der Waals surface area contributed by atoms with Crippen LogP contribution < -0.4 is 19.5 Å². The van der Waals surface area contributed by atoms with Crippen molar-refractivity contribution < 1.29 is 14.2 Å². The van der Waals surface area contributed by atoms with Crippen LogP contribution in [0, 0.1) is 11.3 Å². The molecule has 1 aromatic heterocycles. The molecule has 7 heteroatoms. The number of anilines is 1. The Hall–Kier alpha value is -3.50. The van der Waals surface area contributed by atoms with E-state index in [4.69, 9.17) is 14.2 Å². The van der Waals surface area contributed by atoms with Crippen LogP contribution in [0.3, 0.4) is 0 Å². The lowest BCUT2D eigenvalue weighted by atomic mass is 10.1. The summed E-state index contributed by atoms with van der Waals surface area (Å²) >= 11 is 1.40. The van der Waals surface area contributed by atoms with E-state index in [-0.39, 0.29) is 0 Å². The normalized spacial score (nSPS) is 10.9. The van der Waals surface area contributed by atoms with Crippen LogP contribution in [-0.2, 0) is 0 Å². The first-order valence-corrected chi connectivity index (χ1v) is 9.26. The number of nitrogens with zero attached hydrogens (tertiary/aromatic N) is 2. The van der Waals surface area contributed by atoms with Gasteiger partial charge in [-0.2, -0.15) is 5.26 Å². The summed E-state index contributed by atoms with van der Waals surface area (Å²) < 4.78 is 15.9. The van der Waals surface area contributed by atoms with Crippen molar-refractivity contribution in [1.82, 2.24) is 4.98 Å². The van der Waals surface area contributed by atoms with Gasteiger partial charge in [0.15, 0.2) is 11.5 Å². The average Bonchev–Trinajstić information content (AvgIpc) is 3.24. The van der Waals surface area contributed by atoms with E-state index in [1.54, 1.807) is 27.5 Å². The topological polar surface area (TPSA) is 76.4 Å². The number of methoxy groups -OCH3 is 3. The van der Waals surface area contributed by atoms with Gasteiger partial charge in [0, 0.05) is 17.1 Å². The molecular formula is C21H19N3O3S. The molecule has 6 nitrogen and oxygen atoms in total. The van der Waals surface area contributed by atoms with Crippen LogP contribution >= 0.6 is 11.3 Å². The van der Waals surface area contributed by atoms with Crippen molar-refractivity contribution in [2.45, 2.75) is 0 Å². The maximum Gasteiger partial charge on any atom is 0.161 e. The maximum atomic E-state index is 9.55. The fourth-order valence-corrected chi connectivity index (χ4v) is 3.38. The number of hydrogen-bond acceptors (Lipinski definition) is 7. The van der Waals surface area contributed by atoms with Gasteiger partial charge in [-0.1, -0.05) is 12.1 Å². The molecule has 142 valence electrons. The molecule has 0 spiro atoms. The third-order valence-electron chi connectivity index (χ3n) is 4.01. The minimum absolute atomic E-state index is 0.433. The number of para-hydroxylation sites is 2. The molecule has 0 saturated heterocycles. The Balaban J connectivity index is 1.86.